The van der Waals surface area contributed by atoms with E-state index in [0.717, 1.165) is 0 Å². The summed E-state index contributed by atoms with van der Waals surface area (Å²) in [6.45, 7) is 3.14. The van der Waals surface area contributed by atoms with Crippen molar-refractivity contribution in [3.05, 3.63) is 34.9 Å². The van der Waals surface area contributed by atoms with Crippen LogP contribution in [0, 0.1) is 18.6 Å². The molecule has 1 rings (SSSR count). The number of hydrogen-bond donors (Lipinski definition) is 1. The van der Waals surface area contributed by atoms with E-state index in [2.05, 4.69) is 0 Å². The quantitative estimate of drug-likeness (QED) is 0.689. The van der Waals surface area contributed by atoms with Crippen molar-refractivity contribution in [1.82, 2.24) is 0 Å². The van der Waals surface area contributed by atoms with Crippen molar-refractivity contribution in [2.75, 3.05) is 0 Å². The van der Waals surface area contributed by atoms with Crippen molar-refractivity contribution in [2.45, 2.75) is 19.9 Å². The van der Waals surface area contributed by atoms with Crippen LogP contribution in [0.25, 0.3) is 0 Å². The lowest BCUT2D eigenvalue weighted by Gasteiger charge is -2.09. The van der Waals surface area contributed by atoms with Gasteiger partial charge in [0.1, 0.15) is 11.6 Å². The number of halogens is 2. The molecule has 3 heteroatoms. The smallest absolute Gasteiger partial charge is 0.133 e. The second kappa shape index (κ2) is 3.19. The Labute approximate surface area is 70.2 Å². The molecule has 1 aromatic rings. The van der Waals surface area contributed by atoms with Crippen LogP contribution < -0.4 is 5.73 Å². The Hall–Kier alpha value is -0.960. The van der Waals surface area contributed by atoms with Crippen LogP contribution >= 0.6 is 0 Å². The molecule has 12 heavy (non-hydrogen) atoms. The summed E-state index contributed by atoms with van der Waals surface area (Å²) < 4.78 is 26.2. The molecule has 0 aromatic heterocycles. The fraction of sp³-hybridized carbons (Fsp3) is 0.333. The maximum atomic E-state index is 13.2. The van der Waals surface area contributed by atoms with Gasteiger partial charge in [-0.2, -0.15) is 0 Å². The molecule has 66 valence electrons. The molecule has 0 aliphatic heterocycles. The van der Waals surface area contributed by atoms with Gasteiger partial charge >= 0.3 is 0 Å². The van der Waals surface area contributed by atoms with E-state index in [1.165, 1.54) is 12.1 Å². The molecule has 0 bridgehead atoms. The molecule has 0 aliphatic rings. The first-order chi connectivity index (χ1) is 5.54. The summed E-state index contributed by atoms with van der Waals surface area (Å²) in [5, 5.41) is 0. The van der Waals surface area contributed by atoms with Crippen molar-refractivity contribution in [1.29, 1.82) is 0 Å². The third-order valence-corrected chi connectivity index (χ3v) is 1.77. The summed E-state index contributed by atoms with van der Waals surface area (Å²) >= 11 is 0. The van der Waals surface area contributed by atoms with Gasteiger partial charge in [0.2, 0.25) is 0 Å². The van der Waals surface area contributed by atoms with Crippen molar-refractivity contribution < 1.29 is 8.78 Å². The van der Waals surface area contributed by atoms with Crippen molar-refractivity contribution in [2.24, 2.45) is 5.73 Å². The van der Waals surface area contributed by atoms with Gasteiger partial charge in [-0.1, -0.05) is 6.07 Å². The van der Waals surface area contributed by atoms with Gasteiger partial charge in [0.15, 0.2) is 0 Å². The average Bonchev–Trinajstić information content (AvgIpc) is 1.97. The highest BCUT2D eigenvalue weighted by Gasteiger charge is 2.14. The maximum Gasteiger partial charge on any atom is 0.133 e. The fourth-order valence-electron chi connectivity index (χ4n) is 1.10. The monoisotopic (exact) mass is 171 g/mol. The Morgan fingerprint density at radius 1 is 1.33 bits per heavy atom. The number of benzene rings is 1. The molecule has 0 saturated heterocycles. The highest BCUT2D eigenvalue weighted by Crippen LogP contribution is 2.20. The first-order valence-corrected chi connectivity index (χ1v) is 3.74. The second-order valence-corrected chi connectivity index (χ2v) is 2.88. The third-order valence-electron chi connectivity index (χ3n) is 1.77. The van der Waals surface area contributed by atoms with E-state index in [4.69, 9.17) is 5.73 Å². The first kappa shape index (κ1) is 9.13. The molecule has 0 amide bonds. The number of nitrogens with two attached hydrogens (primary N) is 1. The number of aryl methyl sites for hydroxylation is 1. The highest BCUT2D eigenvalue weighted by atomic mass is 19.1. The molecule has 0 radical (unpaired) electrons. The standard InChI is InChI=1S/C9H11F2N/c1-5-3-4-7(10)8(6(2)12)9(5)11/h3-4,6H,12H2,1-2H3/t6-/m0/s1. The predicted octanol–water partition coefficient (Wildman–Crippen LogP) is 2.29. The maximum absolute atomic E-state index is 13.2. The van der Waals surface area contributed by atoms with Crippen molar-refractivity contribution >= 4 is 0 Å². The van der Waals surface area contributed by atoms with Gasteiger partial charge in [0.05, 0.1) is 0 Å². The molecule has 1 nitrogen and oxygen atoms in total. The Morgan fingerprint density at radius 2 is 1.92 bits per heavy atom. The zero-order valence-corrected chi connectivity index (χ0v) is 7.07. The fourth-order valence-corrected chi connectivity index (χ4v) is 1.10. The number of hydrogen-bond acceptors (Lipinski definition) is 1. The van der Waals surface area contributed by atoms with Crippen LogP contribution in [0.1, 0.15) is 24.1 Å². The Bertz CT molecular complexity index is 295. The Balaban J connectivity index is 3.33. The SMILES string of the molecule is Cc1ccc(F)c([C@H](C)N)c1F. The van der Waals surface area contributed by atoms with Crippen LogP contribution in [0.3, 0.4) is 0 Å². The Morgan fingerprint density at radius 3 is 2.33 bits per heavy atom. The predicted molar refractivity (Wildman–Crippen MR) is 43.7 cm³/mol. The molecule has 0 fully saturated rings. The normalized spacial score (nSPS) is 13.1. The minimum Gasteiger partial charge on any atom is -0.324 e. The van der Waals surface area contributed by atoms with E-state index in [1.807, 2.05) is 0 Å². The lowest BCUT2D eigenvalue weighted by atomic mass is 10.0. The molecule has 2 N–H and O–H groups in total. The van der Waals surface area contributed by atoms with Crippen molar-refractivity contribution in [3.8, 4) is 0 Å². The minimum atomic E-state index is -0.607. The molecule has 0 heterocycles. The highest BCUT2D eigenvalue weighted by molar-refractivity contribution is 5.28. The van der Waals surface area contributed by atoms with Crippen LogP contribution in [0.15, 0.2) is 12.1 Å². The van der Waals surface area contributed by atoms with E-state index in [1.54, 1.807) is 13.8 Å². The summed E-state index contributed by atoms with van der Waals surface area (Å²) in [4.78, 5) is 0. The lowest BCUT2D eigenvalue weighted by Crippen LogP contribution is -2.10. The largest absolute Gasteiger partial charge is 0.324 e. The van der Waals surface area contributed by atoms with Crippen LogP contribution in [-0.2, 0) is 0 Å². The average molecular weight is 171 g/mol. The summed E-state index contributed by atoms with van der Waals surface area (Å²) in [5.74, 6) is -1.11. The van der Waals surface area contributed by atoms with E-state index in [9.17, 15) is 8.78 Å². The van der Waals surface area contributed by atoms with Crippen molar-refractivity contribution in [3.63, 3.8) is 0 Å². The van der Waals surface area contributed by atoms with E-state index in [0.29, 0.717) is 5.56 Å². The van der Waals surface area contributed by atoms with Gasteiger partial charge in [-0.3, -0.25) is 0 Å². The first-order valence-electron chi connectivity index (χ1n) is 3.74. The molecule has 1 atom stereocenters. The number of rotatable bonds is 1. The zero-order valence-electron chi connectivity index (χ0n) is 7.07. The van der Waals surface area contributed by atoms with Crippen LogP contribution in [0.2, 0.25) is 0 Å². The van der Waals surface area contributed by atoms with Gasteiger partial charge in [0.25, 0.3) is 0 Å². The van der Waals surface area contributed by atoms with Crippen LogP contribution in [-0.4, -0.2) is 0 Å². The van der Waals surface area contributed by atoms with E-state index < -0.39 is 17.7 Å². The summed E-state index contributed by atoms with van der Waals surface area (Å²) in [6.07, 6.45) is 0. The zero-order chi connectivity index (χ0) is 9.30. The lowest BCUT2D eigenvalue weighted by molar-refractivity contribution is 0.532. The van der Waals surface area contributed by atoms with Gasteiger partial charge in [-0.25, -0.2) is 8.78 Å². The molecular weight excluding hydrogens is 160 g/mol. The second-order valence-electron chi connectivity index (χ2n) is 2.88. The third kappa shape index (κ3) is 1.46. The summed E-state index contributed by atoms with van der Waals surface area (Å²) in [7, 11) is 0. The summed E-state index contributed by atoms with van der Waals surface area (Å²) in [6, 6.07) is 2.03. The van der Waals surface area contributed by atoms with Gasteiger partial charge in [-0.15, -0.1) is 0 Å². The van der Waals surface area contributed by atoms with Gasteiger partial charge < -0.3 is 5.73 Å². The minimum absolute atomic E-state index is 0.0324. The molecule has 1 aromatic carbocycles. The molecule has 0 aliphatic carbocycles. The summed E-state index contributed by atoms with van der Waals surface area (Å²) in [5.41, 5.74) is 5.79. The van der Waals surface area contributed by atoms with E-state index >= 15 is 0 Å². The topological polar surface area (TPSA) is 26.0 Å². The van der Waals surface area contributed by atoms with E-state index in [-0.39, 0.29) is 5.56 Å². The van der Waals surface area contributed by atoms with Gasteiger partial charge in [-0.05, 0) is 25.5 Å². The molecule has 0 saturated carbocycles. The van der Waals surface area contributed by atoms with Crippen LogP contribution in [0.4, 0.5) is 8.78 Å². The Kier molecular flexibility index (Phi) is 2.43. The molecule has 0 spiro atoms. The van der Waals surface area contributed by atoms with Crippen LogP contribution in [0.5, 0.6) is 0 Å². The molecular formula is C9H11F2N. The molecule has 0 unspecified atom stereocenters. The van der Waals surface area contributed by atoms with Gasteiger partial charge in [0, 0.05) is 11.6 Å².